The third-order valence-electron chi connectivity index (χ3n) is 4.20. The minimum atomic E-state index is 0.305. The maximum atomic E-state index is 5.46. The SMILES string of the molecule is CCN(CC)[C@H](CNC(=S)Nc1ccc(C)cc1)c1ccccc1. The number of thiocarbonyl (C=S) groups is 1. The van der Waals surface area contributed by atoms with Gasteiger partial charge in [0.05, 0.1) is 6.04 Å². The molecule has 0 fully saturated rings. The second-order valence-electron chi connectivity index (χ2n) is 5.85. The molecule has 3 nitrogen and oxygen atoms in total. The van der Waals surface area contributed by atoms with Gasteiger partial charge in [0.1, 0.15) is 0 Å². The van der Waals surface area contributed by atoms with Gasteiger partial charge in [-0.05, 0) is 49.9 Å². The molecule has 0 saturated heterocycles. The number of hydrogen-bond acceptors (Lipinski definition) is 2. The van der Waals surface area contributed by atoms with Crippen LogP contribution in [0.4, 0.5) is 5.69 Å². The molecule has 0 amide bonds. The normalized spacial score (nSPS) is 12.0. The van der Waals surface area contributed by atoms with Crippen molar-refractivity contribution < 1.29 is 0 Å². The van der Waals surface area contributed by atoms with Crippen molar-refractivity contribution in [1.29, 1.82) is 0 Å². The highest BCUT2D eigenvalue weighted by atomic mass is 32.1. The molecule has 2 aromatic carbocycles. The summed E-state index contributed by atoms with van der Waals surface area (Å²) >= 11 is 5.46. The standard InChI is InChI=1S/C20H27N3S/c1-4-23(5-2)19(17-9-7-6-8-10-17)15-21-20(24)22-18-13-11-16(3)12-14-18/h6-14,19H,4-5,15H2,1-3H3,(H2,21,22,24)/t19-/m1/s1. The third-order valence-corrected chi connectivity index (χ3v) is 4.45. The van der Waals surface area contributed by atoms with Crippen LogP contribution in [0.15, 0.2) is 54.6 Å². The molecule has 0 bridgehead atoms. The van der Waals surface area contributed by atoms with Crippen LogP contribution in [-0.2, 0) is 0 Å². The summed E-state index contributed by atoms with van der Waals surface area (Å²) in [5.41, 5.74) is 3.56. The topological polar surface area (TPSA) is 27.3 Å². The molecule has 2 N–H and O–H groups in total. The van der Waals surface area contributed by atoms with Crippen LogP contribution in [-0.4, -0.2) is 29.6 Å². The third kappa shape index (κ3) is 5.32. The van der Waals surface area contributed by atoms with Crippen LogP contribution in [0.1, 0.15) is 31.0 Å². The van der Waals surface area contributed by atoms with Crippen molar-refractivity contribution in [3.8, 4) is 0 Å². The van der Waals surface area contributed by atoms with Gasteiger partial charge in [0.15, 0.2) is 5.11 Å². The quantitative estimate of drug-likeness (QED) is 0.732. The Morgan fingerprint density at radius 2 is 1.62 bits per heavy atom. The van der Waals surface area contributed by atoms with Crippen molar-refractivity contribution in [3.63, 3.8) is 0 Å². The predicted molar refractivity (Wildman–Crippen MR) is 108 cm³/mol. The van der Waals surface area contributed by atoms with E-state index in [1.54, 1.807) is 0 Å². The minimum absolute atomic E-state index is 0.305. The Kier molecular flexibility index (Phi) is 7.22. The average molecular weight is 342 g/mol. The zero-order valence-electron chi connectivity index (χ0n) is 14.8. The molecule has 0 aromatic heterocycles. The number of hydrogen-bond donors (Lipinski definition) is 2. The first kappa shape index (κ1) is 18.4. The molecule has 128 valence electrons. The van der Waals surface area contributed by atoms with Crippen molar-refractivity contribution >= 4 is 23.0 Å². The Morgan fingerprint density at radius 3 is 2.21 bits per heavy atom. The summed E-state index contributed by atoms with van der Waals surface area (Å²) in [4.78, 5) is 2.44. The van der Waals surface area contributed by atoms with E-state index in [0.29, 0.717) is 11.2 Å². The second kappa shape index (κ2) is 9.40. The monoisotopic (exact) mass is 341 g/mol. The van der Waals surface area contributed by atoms with E-state index in [4.69, 9.17) is 12.2 Å². The number of benzene rings is 2. The molecule has 0 heterocycles. The van der Waals surface area contributed by atoms with Crippen molar-refractivity contribution in [1.82, 2.24) is 10.2 Å². The fourth-order valence-corrected chi connectivity index (χ4v) is 3.00. The predicted octanol–water partition coefficient (Wildman–Crippen LogP) is 4.36. The average Bonchev–Trinajstić information content (AvgIpc) is 2.61. The first-order valence-electron chi connectivity index (χ1n) is 8.54. The fraction of sp³-hybridized carbons (Fsp3) is 0.350. The van der Waals surface area contributed by atoms with Gasteiger partial charge in [-0.25, -0.2) is 0 Å². The van der Waals surface area contributed by atoms with E-state index in [0.717, 1.165) is 25.3 Å². The summed E-state index contributed by atoms with van der Waals surface area (Å²) in [5, 5.41) is 7.28. The second-order valence-corrected chi connectivity index (χ2v) is 6.26. The number of anilines is 1. The molecule has 2 rings (SSSR count). The van der Waals surface area contributed by atoms with Gasteiger partial charge < -0.3 is 10.6 Å². The number of likely N-dealkylation sites (N-methyl/N-ethyl adjacent to an activating group) is 1. The van der Waals surface area contributed by atoms with Gasteiger partial charge in [-0.15, -0.1) is 0 Å². The van der Waals surface area contributed by atoms with E-state index in [9.17, 15) is 0 Å². The van der Waals surface area contributed by atoms with E-state index in [-0.39, 0.29) is 0 Å². The highest BCUT2D eigenvalue weighted by Crippen LogP contribution is 2.19. The Bertz CT molecular complexity index is 621. The number of aryl methyl sites for hydroxylation is 1. The van der Waals surface area contributed by atoms with Crippen LogP contribution in [0.5, 0.6) is 0 Å². The smallest absolute Gasteiger partial charge is 0.170 e. The summed E-state index contributed by atoms with van der Waals surface area (Å²) in [6, 6.07) is 19.1. The molecule has 2 aromatic rings. The highest BCUT2D eigenvalue weighted by Gasteiger charge is 2.17. The zero-order chi connectivity index (χ0) is 17.4. The van der Waals surface area contributed by atoms with Crippen molar-refractivity contribution in [2.75, 3.05) is 25.0 Å². The first-order chi connectivity index (χ1) is 11.6. The maximum absolute atomic E-state index is 5.46. The Balaban J connectivity index is 1.99. The lowest BCUT2D eigenvalue weighted by molar-refractivity contribution is 0.219. The van der Waals surface area contributed by atoms with Crippen LogP contribution in [0, 0.1) is 6.92 Å². The summed E-state index contributed by atoms with van der Waals surface area (Å²) in [5.74, 6) is 0. The summed E-state index contributed by atoms with van der Waals surface area (Å²) < 4.78 is 0. The van der Waals surface area contributed by atoms with Crippen LogP contribution >= 0.6 is 12.2 Å². The van der Waals surface area contributed by atoms with Crippen molar-refractivity contribution in [3.05, 3.63) is 65.7 Å². The molecule has 0 aliphatic heterocycles. The van der Waals surface area contributed by atoms with Gasteiger partial charge in [-0.1, -0.05) is 61.9 Å². The fourth-order valence-electron chi connectivity index (χ4n) is 2.80. The van der Waals surface area contributed by atoms with Crippen LogP contribution < -0.4 is 10.6 Å². The van der Waals surface area contributed by atoms with Crippen LogP contribution in [0.3, 0.4) is 0 Å². The lowest BCUT2D eigenvalue weighted by Gasteiger charge is -2.30. The van der Waals surface area contributed by atoms with Crippen LogP contribution in [0.25, 0.3) is 0 Å². The molecule has 4 heteroatoms. The van der Waals surface area contributed by atoms with Crippen molar-refractivity contribution in [2.45, 2.75) is 26.8 Å². The Hall–Kier alpha value is -1.91. The largest absolute Gasteiger partial charge is 0.361 e. The molecule has 24 heavy (non-hydrogen) atoms. The molecule has 0 aliphatic carbocycles. The minimum Gasteiger partial charge on any atom is -0.361 e. The molecule has 0 aliphatic rings. The maximum Gasteiger partial charge on any atom is 0.170 e. The molecular formula is C20H27N3S. The van der Waals surface area contributed by atoms with Gasteiger partial charge in [0, 0.05) is 12.2 Å². The van der Waals surface area contributed by atoms with Gasteiger partial charge in [0.25, 0.3) is 0 Å². The molecule has 0 spiro atoms. The first-order valence-corrected chi connectivity index (χ1v) is 8.95. The number of rotatable bonds is 7. The van der Waals surface area contributed by atoms with Gasteiger partial charge in [-0.3, -0.25) is 4.90 Å². The summed E-state index contributed by atoms with van der Waals surface area (Å²) in [7, 11) is 0. The molecular weight excluding hydrogens is 314 g/mol. The molecule has 0 radical (unpaired) electrons. The number of nitrogens with one attached hydrogen (secondary N) is 2. The summed E-state index contributed by atoms with van der Waals surface area (Å²) in [6.07, 6.45) is 0. The number of nitrogens with zero attached hydrogens (tertiary/aromatic N) is 1. The van der Waals surface area contributed by atoms with Gasteiger partial charge in [0.2, 0.25) is 0 Å². The highest BCUT2D eigenvalue weighted by molar-refractivity contribution is 7.80. The lowest BCUT2D eigenvalue weighted by atomic mass is 10.1. The van der Waals surface area contributed by atoms with E-state index in [1.165, 1.54) is 11.1 Å². The van der Waals surface area contributed by atoms with E-state index < -0.39 is 0 Å². The van der Waals surface area contributed by atoms with Crippen LogP contribution in [0.2, 0.25) is 0 Å². The Labute approximate surface area is 151 Å². The Morgan fingerprint density at radius 1 is 1.00 bits per heavy atom. The zero-order valence-corrected chi connectivity index (χ0v) is 15.6. The molecule has 0 unspecified atom stereocenters. The summed E-state index contributed by atoms with van der Waals surface area (Å²) in [6.45, 7) is 9.27. The van der Waals surface area contributed by atoms with Crippen molar-refractivity contribution in [2.24, 2.45) is 0 Å². The lowest BCUT2D eigenvalue weighted by Crippen LogP contribution is -2.39. The van der Waals surface area contributed by atoms with E-state index >= 15 is 0 Å². The van der Waals surface area contributed by atoms with Gasteiger partial charge >= 0.3 is 0 Å². The van der Waals surface area contributed by atoms with Gasteiger partial charge in [-0.2, -0.15) is 0 Å². The molecule has 0 saturated carbocycles. The van der Waals surface area contributed by atoms with E-state index in [1.807, 2.05) is 12.1 Å². The van der Waals surface area contributed by atoms with E-state index in [2.05, 4.69) is 78.8 Å². The molecule has 1 atom stereocenters.